The van der Waals surface area contributed by atoms with Gasteiger partial charge in [0, 0.05) is 36.7 Å². The Bertz CT molecular complexity index is 767. The maximum Gasteiger partial charge on any atom is 0.316 e. The van der Waals surface area contributed by atoms with Gasteiger partial charge in [-0.25, -0.2) is 0 Å². The van der Waals surface area contributed by atoms with Gasteiger partial charge in [0.2, 0.25) is 0 Å². The lowest BCUT2D eigenvalue weighted by Gasteiger charge is -2.21. The lowest BCUT2D eigenvalue weighted by molar-refractivity contribution is -0.134. The number of hydrogen-bond donors (Lipinski definition) is 1. The molecule has 2 amide bonds. The quantitative estimate of drug-likeness (QED) is 0.873. The number of nitrogens with zero attached hydrogens (tertiary/aromatic N) is 2. The zero-order valence-electron chi connectivity index (χ0n) is 14.7. The van der Waals surface area contributed by atoms with Crippen LogP contribution >= 0.6 is 0 Å². The van der Waals surface area contributed by atoms with Gasteiger partial charge in [-0.1, -0.05) is 18.2 Å². The van der Waals surface area contributed by atoms with Crippen molar-refractivity contribution in [3.05, 3.63) is 54.1 Å². The molecule has 0 spiro atoms. The molecule has 0 atom stereocenters. The molecule has 0 saturated carbocycles. The molecule has 3 rings (SSSR count). The van der Waals surface area contributed by atoms with Crippen LogP contribution in [0, 0.1) is 0 Å². The van der Waals surface area contributed by atoms with Gasteiger partial charge < -0.3 is 15.1 Å². The van der Waals surface area contributed by atoms with Crippen LogP contribution in [-0.2, 0) is 16.0 Å². The van der Waals surface area contributed by atoms with E-state index in [-0.39, 0.29) is 0 Å². The molecule has 5 nitrogen and oxygen atoms in total. The SMILES string of the molecule is CCN(CC)c1ccc(NC(=O)C(=O)N2CCc3ccccc32)cc1. The third-order valence-corrected chi connectivity index (χ3v) is 4.58. The number of fused-ring (bicyclic) bond motifs is 1. The van der Waals surface area contributed by atoms with Gasteiger partial charge in [0.25, 0.3) is 0 Å². The second-order valence-corrected chi connectivity index (χ2v) is 6.01. The summed E-state index contributed by atoms with van der Waals surface area (Å²) in [5, 5.41) is 2.70. The molecule has 0 aliphatic carbocycles. The standard InChI is InChI=1S/C20H23N3O2/c1-3-22(4-2)17-11-9-16(10-12-17)21-19(24)20(25)23-14-13-15-7-5-6-8-18(15)23/h5-12H,3-4,13-14H2,1-2H3,(H,21,24). The molecule has 2 aromatic carbocycles. The van der Waals surface area contributed by atoms with Crippen molar-refractivity contribution < 1.29 is 9.59 Å². The van der Waals surface area contributed by atoms with Gasteiger partial charge >= 0.3 is 11.8 Å². The fraction of sp³-hybridized carbons (Fsp3) is 0.300. The average molecular weight is 337 g/mol. The Hall–Kier alpha value is -2.82. The van der Waals surface area contributed by atoms with Gasteiger partial charge in [-0.05, 0) is 56.2 Å². The van der Waals surface area contributed by atoms with Crippen LogP contribution < -0.4 is 15.1 Å². The first-order chi connectivity index (χ1) is 12.1. The second kappa shape index (κ2) is 7.38. The van der Waals surface area contributed by atoms with Crippen LogP contribution in [0.4, 0.5) is 17.1 Å². The van der Waals surface area contributed by atoms with Crippen molar-refractivity contribution >= 4 is 28.9 Å². The predicted molar refractivity (Wildman–Crippen MR) is 101 cm³/mol. The Kier molecular flexibility index (Phi) is 5.03. The van der Waals surface area contributed by atoms with Gasteiger partial charge in [0.1, 0.15) is 0 Å². The first kappa shape index (κ1) is 17.0. The minimum atomic E-state index is -0.604. The third-order valence-electron chi connectivity index (χ3n) is 4.58. The number of amides is 2. The monoisotopic (exact) mass is 337 g/mol. The maximum absolute atomic E-state index is 12.5. The molecular weight excluding hydrogens is 314 g/mol. The van der Waals surface area contributed by atoms with Gasteiger partial charge in [-0.15, -0.1) is 0 Å². The summed E-state index contributed by atoms with van der Waals surface area (Å²) >= 11 is 0. The maximum atomic E-state index is 12.5. The minimum Gasteiger partial charge on any atom is -0.372 e. The number of para-hydroxylation sites is 1. The van der Waals surface area contributed by atoms with Crippen molar-refractivity contribution in [3.63, 3.8) is 0 Å². The minimum absolute atomic E-state index is 0.516. The normalized spacial score (nSPS) is 12.6. The highest BCUT2D eigenvalue weighted by molar-refractivity contribution is 6.44. The van der Waals surface area contributed by atoms with Crippen molar-refractivity contribution in [2.75, 3.05) is 34.8 Å². The van der Waals surface area contributed by atoms with E-state index in [2.05, 4.69) is 24.1 Å². The summed E-state index contributed by atoms with van der Waals surface area (Å²) in [7, 11) is 0. The molecule has 0 radical (unpaired) electrons. The van der Waals surface area contributed by atoms with Crippen molar-refractivity contribution in [3.8, 4) is 0 Å². The number of carbonyl (C=O) groups is 2. The number of hydrogen-bond acceptors (Lipinski definition) is 3. The summed E-state index contributed by atoms with van der Waals surface area (Å²) in [5.41, 5.74) is 3.66. The fourth-order valence-corrected chi connectivity index (χ4v) is 3.20. The van der Waals surface area contributed by atoms with E-state index in [0.717, 1.165) is 36.4 Å². The summed E-state index contributed by atoms with van der Waals surface area (Å²) in [6, 6.07) is 15.3. The van der Waals surface area contributed by atoms with Gasteiger partial charge in [0.15, 0.2) is 0 Å². The largest absolute Gasteiger partial charge is 0.372 e. The first-order valence-corrected chi connectivity index (χ1v) is 8.69. The molecule has 130 valence electrons. The number of rotatable bonds is 4. The van der Waals surface area contributed by atoms with Gasteiger partial charge in [-0.3, -0.25) is 9.59 Å². The van der Waals surface area contributed by atoms with E-state index in [9.17, 15) is 9.59 Å². The van der Waals surface area contributed by atoms with Gasteiger partial charge in [-0.2, -0.15) is 0 Å². The van der Waals surface area contributed by atoms with Crippen molar-refractivity contribution in [2.24, 2.45) is 0 Å². The average Bonchev–Trinajstić information content (AvgIpc) is 3.07. The van der Waals surface area contributed by atoms with E-state index in [0.29, 0.717) is 12.2 Å². The second-order valence-electron chi connectivity index (χ2n) is 6.01. The first-order valence-electron chi connectivity index (χ1n) is 8.69. The van der Waals surface area contributed by atoms with Crippen molar-refractivity contribution in [2.45, 2.75) is 20.3 Å². The topological polar surface area (TPSA) is 52.7 Å². The number of nitrogens with one attached hydrogen (secondary N) is 1. The summed E-state index contributed by atoms with van der Waals surface area (Å²) in [6.45, 7) is 6.61. The molecule has 1 aliphatic heterocycles. The number of anilines is 3. The fourth-order valence-electron chi connectivity index (χ4n) is 3.20. The van der Waals surface area contributed by atoms with E-state index in [1.54, 1.807) is 4.90 Å². The zero-order chi connectivity index (χ0) is 17.8. The molecular formula is C20H23N3O2. The van der Waals surface area contributed by atoms with Gasteiger partial charge in [0.05, 0.1) is 0 Å². The van der Waals surface area contributed by atoms with Crippen LogP contribution in [0.5, 0.6) is 0 Å². The van der Waals surface area contributed by atoms with E-state index in [1.165, 1.54) is 0 Å². The molecule has 0 unspecified atom stereocenters. The highest BCUT2D eigenvalue weighted by Gasteiger charge is 2.28. The van der Waals surface area contributed by atoms with E-state index >= 15 is 0 Å². The summed E-state index contributed by atoms with van der Waals surface area (Å²) in [6.07, 6.45) is 0.785. The Balaban J connectivity index is 1.67. The Morgan fingerprint density at radius 1 is 1.04 bits per heavy atom. The van der Waals surface area contributed by atoms with Crippen LogP contribution in [-0.4, -0.2) is 31.4 Å². The highest BCUT2D eigenvalue weighted by atomic mass is 16.2. The van der Waals surface area contributed by atoms with E-state index in [1.807, 2.05) is 48.5 Å². The Morgan fingerprint density at radius 2 is 1.72 bits per heavy atom. The molecule has 5 heteroatoms. The van der Waals surface area contributed by atoms with Crippen LogP contribution in [0.25, 0.3) is 0 Å². The van der Waals surface area contributed by atoms with Crippen LogP contribution in [0.1, 0.15) is 19.4 Å². The molecule has 0 bridgehead atoms. The molecule has 25 heavy (non-hydrogen) atoms. The molecule has 2 aromatic rings. The Labute approximate surface area is 148 Å². The third kappa shape index (κ3) is 3.50. The van der Waals surface area contributed by atoms with Crippen molar-refractivity contribution in [1.82, 2.24) is 0 Å². The van der Waals surface area contributed by atoms with Crippen LogP contribution in [0.15, 0.2) is 48.5 Å². The van der Waals surface area contributed by atoms with Crippen molar-refractivity contribution in [1.29, 1.82) is 0 Å². The zero-order valence-corrected chi connectivity index (χ0v) is 14.7. The molecule has 0 fully saturated rings. The lowest BCUT2D eigenvalue weighted by Crippen LogP contribution is -2.38. The summed E-state index contributed by atoms with van der Waals surface area (Å²) in [5.74, 6) is -1.12. The highest BCUT2D eigenvalue weighted by Crippen LogP contribution is 2.27. The summed E-state index contributed by atoms with van der Waals surface area (Å²) in [4.78, 5) is 28.6. The summed E-state index contributed by atoms with van der Waals surface area (Å²) < 4.78 is 0. The molecule has 1 aliphatic rings. The smallest absolute Gasteiger partial charge is 0.316 e. The number of benzene rings is 2. The molecule has 0 saturated heterocycles. The molecule has 1 N–H and O–H groups in total. The van der Waals surface area contributed by atoms with E-state index < -0.39 is 11.8 Å². The lowest BCUT2D eigenvalue weighted by atomic mass is 10.2. The molecule has 1 heterocycles. The number of carbonyl (C=O) groups excluding carboxylic acids is 2. The molecule has 0 aromatic heterocycles. The Morgan fingerprint density at radius 3 is 2.40 bits per heavy atom. The predicted octanol–water partition coefficient (Wildman–Crippen LogP) is 3.06. The van der Waals surface area contributed by atoms with Crippen LogP contribution in [0.2, 0.25) is 0 Å². The van der Waals surface area contributed by atoms with E-state index in [4.69, 9.17) is 0 Å². The van der Waals surface area contributed by atoms with Crippen LogP contribution in [0.3, 0.4) is 0 Å².